The molecule has 1 heterocycles. The highest BCUT2D eigenvalue weighted by Gasteiger charge is 2.37. The largest absolute Gasteiger partial charge is 0.513 e. The lowest BCUT2D eigenvalue weighted by atomic mass is 9.82. The van der Waals surface area contributed by atoms with Crippen LogP contribution in [-0.2, 0) is 14.3 Å². The molecule has 0 aliphatic carbocycles. The molecular weight excluding hydrogens is 351 g/mol. The van der Waals surface area contributed by atoms with Crippen molar-refractivity contribution in [1.29, 1.82) is 0 Å². The molecule has 8 heteroatoms. The fraction of sp³-hybridized carbons (Fsp3) is 0.333. The highest BCUT2D eigenvalue weighted by molar-refractivity contribution is 5.96. The normalized spacial score (nSPS) is 17.5. The Morgan fingerprint density at radius 1 is 1.08 bits per heavy atom. The van der Waals surface area contributed by atoms with Crippen LogP contribution in [0.25, 0.3) is 0 Å². The molecule has 0 saturated carbocycles. The van der Waals surface area contributed by atoms with E-state index in [4.69, 9.17) is 4.74 Å². The summed E-state index contributed by atoms with van der Waals surface area (Å²) < 4.78 is 50.6. The summed E-state index contributed by atoms with van der Waals surface area (Å²) in [7, 11) is 2.75. The molecule has 1 aromatic rings. The molecule has 5 nitrogen and oxygen atoms in total. The second-order valence-corrected chi connectivity index (χ2v) is 5.85. The van der Waals surface area contributed by atoms with Gasteiger partial charge in [0.25, 0.3) is 0 Å². The van der Waals surface area contributed by atoms with Crippen molar-refractivity contribution in [3.05, 3.63) is 57.9 Å². The van der Waals surface area contributed by atoms with E-state index in [2.05, 4.69) is 4.74 Å². The number of hydrogen-bond acceptors (Lipinski definition) is 5. The van der Waals surface area contributed by atoms with Crippen molar-refractivity contribution in [3.63, 3.8) is 0 Å². The molecule has 0 radical (unpaired) electrons. The van der Waals surface area contributed by atoms with Gasteiger partial charge in [-0.3, -0.25) is 4.79 Å². The van der Waals surface area contributed by atoms with Crippen LogP contribution in [0.3, 0.4) is 0 Å². The molecule has 1 aliphatic heterocycles. The minimum absolute atomic E-state index is 0.0273. The lowest BCUT2D eigenvalue weighted by molar-refractivity contribution is -0.114. The first kappa shape index (κ1) is 19.6. The van der Waals surface area contributed by atoms with Crippen molar-refractivity contribution in [2.75, 3.05) is 14.2 Å². The van der Waals surface area contributed by atoms with Crippen molar-refractivity contribution < 1.29 is 32.2 Å². The van der Waals surface area contributed by atoms with Gasteiger partial charge < -0.3 is 14.4 Å². The topological polar surface area (TPSA) is 55.8 Å². The van der Waals surface area contributed by atoms with Crippen LogP contribution in [0.2, 0.25) is 0 Å². The Morgan fingerprint density at radius 2 is 1.62 bits per heavy atom. The predicted molar refractivity (Wildman–Crippen MR) is 86.4 cm³/mol. The Kier molecular flexibility index (Phi) is 5.44. The number of benzene rings is 1. The average Bonchev–Trinajstić information content (AvgIpc) is 2.58. The van der Waals surface area contributed by atoms with E-state index < -0.39 is 29.5 Å². The molecule has 1 aromatic carbocycles. The molecule has 0 N–H and O–H groups in total. The Hall–Kier alpha value is -2.77. The van der Waals surface area contributed by atoms with Crippen LogP contribution >= 0.6 is 0 Å². The third kappa shape index (κ3) is 3.31. The third-order valence-electron chi connectivity index (χ3n) is 4.38. The SMILES string of the molecule is COC(=O)OC1=C(C)N(C)C(C)=C(C(C)=O)C1c1cc(F)c(F)c(F)c1. The summed E-state index contributed by atoms with van der Waals surface area (Å²) in [5, 5.41) is 0. The minimum Gasteiger partial charge on any atom is -0.437 e. The lowest BCUT2D eigenvalue weighted by Gasteiger charge is -2.35. The number of ether oxygens (including phenoxy) is 2. The zero-order valence-corrected chi connectivity index (χ0v) is 14.9. The van der Waals surface area contributed by atoms with Crippen LogP contribution < -0.4 is 0 Å². The molecule has 0 aromatic heterocycles. The maximum Gasteiger partial charge on any atom is 0.513 e. The monoisotopic (exact) mass is 369 g/mol. The summed E-state index contributed by atoms with van der Waals surface area (Å²) in [5.74, 6) is -5.94. The molecule has 1 unspecified atom stereocenters. The van der Waals surface area contributed by atoms with Crippen LogP contribution in [0, 0.1) is 17.5 Å². The third-order valence-corrected chi connectivity index (χ3v) is 4.38. The number of hydrogen-bond donors (Lipinski definition) is 0. The van der Waals surface area contributed by atoms with Crippen LogP contribution in [0.1, 0.15) is 32.3 Å². The first-order chi connectivity index (χ1) is 12.1. The van der Waals surface area contributed by atoms with Crippen LogP contribution in [0.15, 0.2) is 34.9 Å². The first-order valence-electron chi connectivity index (χ1n) is 7.66. The lowest BCUT2D eigenvalue weighted by Crippen LogP contribution is -2.31. The molecule has 1 atom stereocenters. The fourth-order valence-corrected chi connectivity index (χ4v) is 2.93. The van der Waals surface area contributed by atoms with E-state index in [1.807, 2.05) is 0 Å². The molecule has 0 saturated heterocycles. The number of carbonyl (C=O) groups excluding carboxylic acids is 2. The van der Waals surface area contributed by atoms with Gasteiger partial charge in [0, 0.05) is 18.3 Å². The Labute approximate surface area is 148 Å². The molecular formula is C18H18F3NO4. The van der Waals surface area contributed by atoms with Crippen molar-refractivity contribution in [3.8, 4) is 0 Å². The van der Waals surface area contributed by atoms with Gasteiger partial charge in [0.05, 0.1) is 18.7 Å². The highest BCUT2D eigenvalue weighted by Crippen LogP contribution is 2.42. The van der Waals surface area contributed by atoms with Gasteiger partial charge in [-0.1, -0.05) is 0 Å². The maximum absolute atomic E-state index is 13.8. The van der Waals surface area contributed by atoms with E-state index in [-0.39, 0.29) is 22.7 Å². The number of ketones is 1. The maximum atomic E-state index is 13.8. The number of allylic oxidation sites excluding steroid dienone is 3. The van der Waals surface area contributed by atoms with Crippen molar-refractivity contribution in [2.24, 2.45) is 0 Å². The van der Waals surface area contributed by atoms with E-state index in [0.717, 1.165) is 19.2 Å². The van der Waals surface area contributed by atoms with Crippen molar-refractivity contribution in [1.82, 2.24) is 4.90 Å². The zero-order chi connectivity index (χ0) is 19.8. The van der Waals surface area contributed by atoms with Gasteiger partial charge >= 0.3 is 6.16 Å². The number of carbonyl (C=O) groups is 2. The molecule has 0 fully saturated rings. The first-order valence-corrected chi connectivity index (χ1v) is 7.66. The summed E-state index contributed by atoms with van der Waals surface area (Å²) in [6, 6.07) is 1.55. The van der Waals surface area contributed by atoms with E-state index in [1.165, 1.54) is 6.92 Å². The van der Waals surface area contributed by atoms with Crippen LogP contribution in [-0.4, -0.2) is 31.0 Å². The number of halogens is 3. The minimum atomic E-state index is -1.62. The van der Waals surface area contributed by atoms with E-state index in [0.29, 0.717) is 11.4 Å². The summed E-state index contributed by atoms with van der Waals surface area (Å²) in [5.41, 5.74) is 1.06. The molecule has 26 heavy (non-hydrogen) atoms. The molecule has 1 aliphatic rings. The molecule has 0 spiro atoms. The number of Topliss-reactive ketones (excluding diaryl/α,β-unsaturated/α-hetero) is 1. The number of nitrogens with zero attached hydrogens (tertiary/aromatic N) is 1. The summed E-state index contributed by atoms with van der Waals surface area (Å²) >= 11 is 0. The Morgan fingerprint density at radius 3 is 2.08 bits per heavy atom. The molecule has 140 valence electrons. The van der Waals surface area contributed by atoms with Gasteiger partial charge in [0.1, 0.15) is 5.76 Å². The molecule has 0 bridgehead atoms. The van der Waals surface area contributed by atoms with Gasteiger partial charge in [0.15, 0.2) is 23.2 Å². The second kappa shape index (κ2) is 7.23. The van der Waals surface area contributed by atoms with Crippen LogP contribution in [0.4, 0.5) is 18.0 Å². The smallest absolute Gasteiger partial charge is 0.437 e. The van der Waals surface area contributed by atoms with Gasteiger partial charge in [-0.25, -0.2) is 18.0 Å². The fourth-order valence-electron chi connectivity index (χ4n) is 2.93. The average molecular weight is 369 g/mol. The molecule has 2 rings (SSSR count). The Balaban J connectivity index is 2.75. The van der Waals surface area contributed by atoms with Crippen molar-refractivity contribution in [2.45, 2.75) is 26.7 Å². The van der Waals surface area contributed by atoms with Gasteiger partial charge in [0.2, 0.25) is 0 Å². The Bertz CT molecular complexity index is 822. The van der Waals surface area contributed by atoms with Gasteiger partial charge in [-0.2, -0.15) is 0 Å². The quantitative estimate of drug-likeness (QED) is 0.595. The van der Waals surface area contributed by atoms with Crippen LogP contribution in [0.5, 0.6) is 0 Å². The summed E-state index contributed by atoms with van der Waals surface area (Å²) in [4.78, 5) is 25.5. The highest BCUT2D eigenvalue weighted by atomic mass is 19.2. The molecule has 0 amide bonds. The standard InChI is InChI=1S/C18H18F3NO4/c1-8-14(10(3)23)15(11-6-12(19)16(21)13(20)7-11)17(9(2)22(8)4)26-18(24)25-5/h6-7,15H,1-5H3. The zero-order valence-electron chi connectivity index (χ0n) is 14.9. The number of methoxy groups -OCH3 is 1. The van der Waals surface area contributed by atoms with Gasteiger partial charge in [-0.15, -0.1) is 0 Å². The summed E-state index contributed by atoms with van der Waals surface area (Å²) in [6.07, 6.45) is -1.05. The summed E-state index contributed by atoms with van der Waals surface area (Å²) in [6.45, 7) is 4.55. The second-order valence-electron chi connectivity index (χ2n) is 5.85. The van der Waals surface area contributed by atoms with Crippen molar-refractivity contribution >= 4 is 11.9 Å². The number of rotatable bonds is 3. The van der Waals surface area contributed by atoms with Gasteiger partial charge in [-0.05, 0) is 38.5 Å². The predicted octanol–water partition coefficient (Wildman–Crippen LogP) is 4.01. The van der Waals surface area contributed by atoms with E-state index >= 15 is 0 Å². The van der Waals surface area contributed by atoms with E-state index in [9.17, 15) is 22.8 Å². The van der Waals surface area contributed by atoms with E-state index in [1.54, 1.807) is 25.8 Å².